The van der Waals surface area contributed by atoms with Gasteiger partial charge in [0, 0.05) is 25.8 Å². The average molecular weight is 393 g/mol. The zero-order valence-electron chi connectivity index (χ0n) is 15.4. The Morgan fingerprint density at radius 2 is 2.14 bits per heavy atom. The average Bonchev–Trinajstić information content (AvgIpc) is 3.47. The number of azo groups is 1. The standard InChI is InChI=1S/C18H19N9S/c1-2-20-15-17(28-18(23-15)26-9-5-6-10-26)25-24-16-13(11-19)12-22-27(16)14-7-3-4-8-21-14/h3-4,7-8,12,20H,2,5-6,9-10H2,1H3/b25-24+. The van der Waals surface area contributed by atoms with Gasteiger partial charge in [0.2, 0.25) is 0 Å². The van der Waals surface area contributed by atoms with Gasteiger partial charge in [-0.25, -0.2) is 9.97 Å². The summed E-state index contributed by atoms with van der Waals surface area (Å²) >= 11 is 1.50. The van der Waals surface area contributed by atoms with Crippen LogP contribution in [0.5, 0.6) is 0 Å². The number of rotatable bonds is 6. The Hall–Kier alpha value is -3.32. The predicted molar refractivity (Wildman–Crippen MR) is 108 cm³/mol. The van der Waals surface area contributed by atoms with Crippen molar-refractivity contribution in [3.63, 3.8) is 0 Å². The Kier molecular flexibility index (Phi) is 5.25. The smallest absolute Gasteiger partial charge is 0.197 e. The summed E-state index contributed by atoms with van der Waals surface area (Å²) < 4.78 is 1.51. The first kappa shape index (κ1) is 18.1. The molecule has 0 atom stereocenters. The van der Waals surface area contributed by atoms with Crippen LogP contribution in [0.3, 0.4) is 0 Å². The molecule has 0 amide bonds. The summed E-state index contributed by atoms with van der Waals surface area (Å²) in [6.45, 7) is 4.78. The molecule has 1 aliphatic rings. The third-order valence-corrected chi connectivity index (χ3v) is 5.29. The van der Waals surface area contributed by atoms with Crippen LogP contribution in [-0.4, -0.2) is 39.4 Å². The van der Waals surface area contributed by atoms with Crippen molar-refractivity contribution in [1.29, 1.82) is 5.26 Å². The van der Waals surface area contributed by atoms with E-state index in [2.05, 4.69) is 41.6 Å². The van der Waals surface area contributed by atoms with E-state index in [1.165, 1.54) is 35.1 Å². The molecule has 10 heteroatoms. The molecule has 1 aliphatic heterocycles. The minimum Gasteiger partial charge on any atom is -0.368 e. The summed E-state index contributed by atoms with van der Waals surface area (Å²) in [5, 5.41) is 27.3. The molecule has 142 valence electrons. The molecule has 0 spiro atoms. The van der Waals surface area contributed by atoms with Gasteiger partial charge < -0.3 is 10.2 Å². The van der Waals surface area contributed by atoms with Gasteiger partial charge in [0.15, 0.2) is 27.6 Å². The van der Waals surface area contributed by atoms with E-state index < -0.39 is 0 Å². The zero-order valence-corrected chi connectivity index (χ0v) is 16.2. The van der Waals surface area contributed by atoms with Gasteiger partial charge in [-0.1, -0.05) is 17.4 Å². The molecular weight excluding hydrogens is 374 g/mol. The maximum Gasteiger partial charge on any atom is 0.197 e. The summed E-state index contributed by atoms with van der Waals surface area (Å²) in [6.07, 6.45) is 5.50. The number of nitriles is 1. The SMILES string of the molecule is CCNc1nc(N2CCCC2)sc1/N=N/c1c(C#N)cnn1-c1ccccn1. The zero-order chi connectivity index (χ0) is 19.3. The molecule has 0 aliphatic carbocycles. The first-order chi connectivity index (χ1) is 13.8. The van der Waals surface area contributed by atoms with Crippen LogP contribution >= 0.6 is 11.3 Å². The first-order valence-electron chi connectivity index (χ1n) is 9.11. The predicted octanol–water partition coefficient (Wildman–Crippen LogP) is 4.04. The van der Waals surface area contributed by atoms with Gasteiger partial charge in [0.05, 0.1) is 6.20 Å². The molecule has 0 radical (unpaired) electrons. The highest BCUT2D eigenvalue weighted by atomic mass is 32.1. The minimum atomic E-state index is 0.337. The second kappa shape index (κ2) is 8.14. The monoisotopic (exact) mass is 393 g/mol. The van der Waals surface area contributed by atoms with E-state index in [4.69, 9.17) is 0 Å². The molecule has 0 aromatic carbocycles. The number of aromatic nitrogens is 4. The molecule has 1 fully saturated rings. The first-order valence-corrected chi connectivity index (χ1v) is 9.92. The van der Waals surface area contributed by atoms with Crippen LogP contribution in [0.4, 0.5) is 21.8 Å². The fourth-order valence-corrected chi connectivity index (χ4v) is 3.87. The van der Waals surface area contributed by atoms with Crippen LogP contribution in [0.25, 0.3) is 5.82 Å². The largest absolute Gasteiger partial charge is 0.368 e. The molecule has 1 saturated heterocycles. The Morgan fingerprint density at radius 3 is 2.86 bits per heavy atom. The number of hydrogen-bond acceptors (Lipinski definition) is 9. The number of thiazole rings is 1. The van der Waals surface area contributed by atoms with Crippen molar-refractivity contribution in [2.45, 2.75) is 19.8 Å². The van der Waals surface area contributed by atoms with Crippen molar-refractivity contribution in [3.05, 3.63) is 36.2 Å². The van der Waals surface area contributed by atoms with Crippen LogP contribution in [-0.2, 0) is 0 Å². The molecule has 0 unspecified atom stereocenters. The number of pyridine rings is 1. The molecule has 3 aromatic rings. The second-order valence-corrected chi connectivity index (χ2v) is 7.12. The van der Waals surface area contributed by atoms with Gasteiger partial charge in [-0.3, -0.25) is 0 Å². The van der Waals surface area contributed by atoms with Crippen LogP contribution in [0.15, 0.2) is 40.8 Å². The number of anilines is 2. The Labute approximate surface area is 166 Å². The molecule has 0 saturated carbocycles. The molecule has 28 heavy (non-hydrogen) atoms. The fourth-order valence-electron chi connectivity index (χ4n) is 2.95. The van der Waals surface area contributed by atoms with E-state index in [9.17, 15) is 5.26 Å². The lowest BCUT2D eigenvalue weighted by atomic mass is 10.3. The van der Waals surface area contributed by atoms with Gasteiger partial charge in [0.1, 0.15) is 11.6 Å². The molecule has 1 N–H and O–H groups in total. The van der Waals surface area contributed by atoms with Crippen molar-refractivity contribution in [2.24, 2.45) is 10.2 Å². The van der Waals surface area contributed by atoms with E-state index in [1.54, 1.807) is 12.3 Å². The molecule has 4 heterocycles. The van der Waals surface area contributed by atoms with E-state index in [-0.39, 0.29) is 0 Å². The van der Waals surface area contributed by atoms with E-state index in [1.807, 2.05) is 19.1 Å². The Morgan fingerprint density at radius 1 is 1.29 bits per heavy atom. The molecule has 0 bridgehead atoms. The molecule has 9 nitrogen and oxygen atoms in total. The van der Waals surface area contributed by atoms with Crippen molar-refractivity contribution in [1.82, 2.24) is 19.7 Å². The summed E-state index contributed by atoms with van der Waals surface area (Å²) in [7, 11) is 0. The number of nitrogens with one attached hydrogen (secondary N) is 1. The minimum absolute atomic E-state index is 0.337. The maximum absolute atomic E-state index is 9.41. The quantitative estimate of drug-likeness (QED) is 0.633. The van der Waals surface area contributed by atoms with E-state index in [0.29, 0.717) is 28.0 Å². The maximum atomic E-state index is 9.41. The highest BCUT2D eigenvalue weighted by Crippen LogP contribution is 2.39. The third kappa shape index (κ3) is 3.57. The van der Waals surface area contributed by atoms with Crippen LogP contribution in [0.2, 0.25) is 0 Å². The highest BCUT2D eigenvalue weighted by Gasteiger charge is 2.20. The lowest BCUT2D eigenvalue weighted by Crippen LogP contribution is -2.17. The van der Waals surface area contributed by atoms with Gasteiger partial charge in [-0.15, -0.1) is 10.2 Å². The van der Waals surface area contributed by atoms with Crippen LogP contribution < -0.4 is 10.2 Å². The summed E-state index contributed by atoms with van der Waals surface area (Å²) in [5.74, 6) is 1.63. The number of hydrogen-bond donors (Lipinski definition) is 1. The van der Waals surface area contributed by atoms with E-state index in [0.717, 1.165) is 24.8 Å². The van der Waals surface area contributed by atoms with Crippen LogP contribution in [0.1, 0.15) is 25.3 Å². The molecular formula is C18H19N9S. The van der Waals surface area contributed by atoms with Crippen molar-refractivity contribution in [3.8, 4) is 11.9 Å². The van der Waals surface area contributed by atoms with Gasteiger partial charge in [-0.2, -0.15) is 15.0 Å². The van der Waals surface area contributed by atoms with Gasteiger partial charge >= 0.3 is 0 Å². The summed E-state index contributed by atoms with van der Waals surface area (Å²) in [4.78, 5) is 11.2. The Bertz CT molecular complexity index is 1010. The number of nitrogens with zero attached hydrogens (tertiary/aromatic N) is 8. The van der Waals surface area contributed by atoms with Crippen LogP contribution in [0, 0.1) is 11.3 Å². The van der Waals surface area contributed by atoms with E-state index >= 15 is 0 Å². The lowest BCUT2D eigenvalue weighted by Gasteiger charge is -2.11. The molecule has 4 rings (SSSR count). The lowest BCUT2D eigenvalue weighted by molar-refractivity contribution is 0.839. The van der Waals surface area contributed by atoms with Crippen molar-refractivity contribution < 1.29 is 0 Å². The van der Waals surface area contributed by atoms with Crippen molar-refractivity contribution in [2.75, 3.05) is 29.9 Å². The Balaban J connectivity index is 1.69. The van der Waals surface area contributed by atoms with Crippen molar-refractivity contribution >= 4 is 33.1 Å². The summed E-state index contributed by atoms with van der Waals surface area (Å²) in [6, 6.07) is 7.58. The normalized spacial score (nSPS) is 13.9. The summed E-state index contributed by atoms with van der Waals surface area (Å²) in [5.41, 5.74) is 0.337. The third-order valence-electron chi connectivity index (χ3n) is 4.28. The highest BCUT2D eigenvalue weighted by molar-refractivity contribution is 7.19. The van der Waals surface area contributed by atoms with Gasteiger partial charge in [-0.05, 0) is 31.9 Å². The fraction of sp³-hybridized carbons (Fsp3) is 0.333. The second-order valence-electron chi connectivity index (χ2n) is 6.17. The topological polar surface area (TPSA) is 107 Å². The van der Waals surface area contributed by atoms with Gasteiger partial charge in [0.25, 0.3) is 0 Å². The molecule has 3 aromatic heterocycles.